The highest BCUT2D eigenvalue weighted by Crippen LogP contribution is 2.57. The van der Waals surface area contributed by atoms with Gasteiger partial charge in [-0.25, -0.2) is 0 Å². The first-order valence-electron chi connectivity index (χ1n) is 15.9. The Morgan fingerprint density at radius 1 is 0.292 bits per heavy atom. The summed E-state index contributed by atoms with van der Waals surface area (Å²) in [5.41, 5.74) is 5.60. The molecule has 0 saturated carbocycles. The van der Waals surface area contributed by atoms with Crippen LogP contribution >= 0.6 is 34.0 Å². The molecular formula is C42H18O3S3. The molecule has 0 radical (unpaired) electrons. The van der Waals surface area contributed by atoms with Crippen LogP contribution in [0.15, 0.2) is 120 Å². The van der Waals surface area contributed by atoms with Crippen molar-refractivity contribution in [2.45, 2.75) is 0 Å². The third-order valence-electron chi connectivity index (χ3n) is 10.5. The van der Waals surface area contributed by atoms with E-state index in [9.17, 15) is 0 Å². The van der Waals surface area contributed by atoms with Crippen molar-refractivity contribution in [3.05, 3.63) is 107 Å². The summed E-state index contributed by atoms with van der Waals surface area (Å²) in [7, 11) is 0. The fourth-order valence-electron chi connectivity index (χ4n) is 8.71. The first kappa shape index (κ1) is 24.7. The first-order valence-corrected chi connectivity index (χ1v) is 18.5. The van der Waals surface area contributed by atoms with E-state index in [1.165, 1.54) is 78.7 Å². The van der Waals surface area contributed by atoms with Gasteiger partial charge >= 0.3 is 0 Å². The van der Waals surface area contributed by atoms with Gasteiger partial charge in [-0.05, 0) is 52.5 Å². The standard InChI is InChI=1S/C42H18O3S3/c1-4-10-25-19(7-1)31-34-28(22-13-16-46-40(22)37(31)43-25)35-30(24-15-18-48-42(24)39-32(35)20-8-2-6-12-27(20)45-39)36-29(34)23-14-17-47-41(23)38-33(36)21-9-3-5-11-26(21)44-38/h1-18H. The summed E-state index contributed by atoms with van der Waals surface area (Å²) < 4.78 is 24.0. The van der Waals surface area contributed by atoms with Crippen LogP contribution in [0, 0.1) is 0 Å². The second-order valence-corrected chi connectivity index (χ2v) is 15.4. The lowest BCUT2D eigenvalue weighted by Gasteiger charge is -2.17. The normalized spacial score (nSPS) is 13.0. The first-order chi connectivity index (χ1) is 23.8. The summed E-state index contributed by atoms with van der Waals surface area (Å²) in [5.74, 6) is 0. The van der Waals surface area contributed by atoms with E-state index in [-0.39, 0.29) is 0 Å². The van der Waals surface area contributed by atoms with Gasteiger partial charge in [0, 0.05) is 80.8 Å². The maximum atomic E-state index is 6.81. The van der Waals surface area contributed by atoms with Crippen LogP contribution in [0.25, 0.3) is 128 Å². The van der Waals surface area contributed by atoms with Gasteiger partial charge in [0.15, 0.2) is 16.7 Å². The molecule has 48 heavy (non-hydrogen) atoms. The average Bonchev–Trinajstić information content (AvgIpc) is 3.97. The van der Waals surface area contributed by atoms with Crippen LogP contribution in [0.5, 0.6) is 0 Å². The lowest BCUT2D eigenvalue weighted by atomic mass is 9.84. The molecule has 0 N–H and O–H groups in total. The van der Waals surface area contributed by atoms with E-state index in [1.807, 2.05) is 0 Å². The molecule has 6 heteroatoms. The number of furan rings is 3. The van der Waals surface area contributed by atoms with E-state index in [0.29, 0.717) is 0 Å². The van der Waals surface area contributed by atoms with Crippen LogP contribution in [-0.2, 0) is 0 Å². The molecule has 6 heterocycles. The van der Waals surface area contributed by atoms with Crippen LogP contribution in [0.4, 0.5) is 0 Å². The highest BCUT2D eigenvalue weighted by atomic mass is 32.1. The maximum absolute atomic E-state index is 6.81. The quantitative estimate of drug-likeness (QED) is 0.151. The van der Waals surface area contributed by atoms with Crippen LogP contribution < -0.4 is 0 Å². The second kappa shape index (κ2) is 8.35. The molecular weight excluding hydrogens is 649 g/mol. The van der Waals surface area contributed by atoms with E-state index < -0.39 is 0 Å². The minimum atomic E-state index is 0.909. The van der Waals surface area contributed by atoms with Crippen molar-refractivity contribution >= 4 is 162 Å². The monoisotopic (exact) mass is 666 g/mol. The smallest absolute Gasteiger partial charge is 0.153 e. The number of thiophene rings is 3. The SMILES string of the molecule is c1ccc2c(c1)oc1c3sccc3c3c(c21)c1c2ccsc2c2oc4ccccc4c2c1c1c2ccsc2c2oc4ccccc4c2c31. The second-order valence-electron chi connectivity index (χ2n) is 12.6. The van der Waals surface area contributed by atoms with Gasteiger partial charge in [-0.1, -0.05) is 54.6 Å². The van der Waals surface area contributed by atoms with Gasteiger partial charge in [0.1, 0.15) is 16.7 Å². The molecule has 0 bridgehead atoms. The fraction of sp³-hybridized carbons (Fsp3) is 0. The topological polar surface area (TPSA) is 39.4 Å². The van der Waals surface area contributed by atoms with Crippen LogP contribution in [0.2, 0.25) is 0 Å². The molecule has 6 aromatic heterocycles. The van der Waals surface area contributed by atoms with Crippen LogP contribution in [0.3, 0.4) is 0 Å². The van der Waals surface area contributed by atoms with E-state index in [0.717, 1.165) is 49.7 Å². The summed E-state index contributed by atoms with van der Waals surface area (Å²) in [6.45, 7) is 0. The minimum absolute atomic E-state index is 0.909. The number of para-hydroxylation sites is 3. The van der Waals surface area contributed by atoms with Crippen molar-refractivity contribution in [3.8, 4) is 0 Å². The molecule has 0 amide bonds. The van der Waals surface area contributed by atoms with Crippen LogP contribution in [0.1, 0.15) is 0 Å². The van der Waals surface area contributed by atoms with E-state index in [1.54, 1.807) is 34.0 Å². The van der Waals surface area contributed by atoms with Gasteiger partial charge < -0.3 is 13.3 Å². The number of benzene rings is 7. The van der Waals surface area contributed by atoms with E-state index >= 15 is 0 Å². The Kier molecular flexibility index (Phi) is 4.30. The maximum Gasteiger partial charge on any atom is 0.153 e. The fourth-order valence-corrected chi connectivity index (χ4v) is 11.4. The van der Waals surface area contributed by atoms with Gasteiger partial charge in [0.05, 0.1) is 14.1 Å². The molecule has 13 aromatic rings. The summed E-state index contributed by atoms with van der Waals surface area (Å²) in [4.78, 5) is 0. The molecule has 0 atom stereocenters. The Hall–Kier alpha value is -5.40. The lowest BCUT2D eigenvalue weighted by Crippen LogP contribution is -1.89. The molecule has 0 aliphatic rings. The van der Waals surface area contributed by atoms with Gasteiger partial charge in [0.2, 0.25) is 0 Å². The van der Waals surface area contributed by atoms with Crippen molar-refractivity contribution in [2.24, 2.45) is 0 Å². The van der Waals surface area contributed by atoms with Gasteiger partial charge in [-0.15, -0.1) is 34.0 Å². The molecule has 7 aromatic carbocycles. The lowest BCUT2D eigenvalue weighted by molar-refractivity contribution is 0.673. The number of rotatable bonds is 0. The molecule has 0 spiro atoms. The van der Waals surface area contributed by atoms with Crippen LogP contribution in [-0.4, -0.2) is 0 Å². The summed E-state index contributed by atoms with van der Waals surface area (Å²) >= 11 is 5.28. The Bertz CT molecular complexity index is 3170. The van der Waals surface area contributed by atoms with Crippen molar-refractivity contribution in [3.63, 3.8) is 0 Å². The number of hydrogen-bond acceptors (Lipinski definition) is 6. The molecule has 0 saturated heterocycles. The number of hydrogen-bond donors (Lipinski definition) is 0. The molecule has 3 nitrogen and oxygen atoms in total. The molecule has 0 aliphatic carbocycles. The molecule has 0 fully saturated rings. The highest BCUT2D eigenvalue weighted by molar-refractivity contribution is 7.19. The Morgan fingerprint density at radius 3 is 0.938 bits per heavy atom. The van der Waals surface area contributed by atoms with E-state index in [2.05, 4.69) is 107 Å². The zero-order valence-corrected chi connectivity index (χ0v) is 27.3. The van der Waals surface area contributed by atoms with Crippen molar-refractivity contribution in [1.82, 2.24) is 0 Å². The van der Waals surface area contributed by atoms with Crippen molar-refractivity contribution < 1.29 is 13.3 Å². The van der Waals surface area contributed by atoms with Gasteiger partial charge in [0.25, 0.3) is 0 Å². The predicted molar refractivity (Wildman–Crippen MR) is 207 cm³/mol. The minimum Gasteiger partial charge on any atom is -0.455 e. The molecule has 0 unspecified atom stereocenters. The molecule has 0 aliphatic heterocycles. The summed E-state index contributed by atoms with van der Waals surface area (Å²) in [6, 6.07) is 32.4. The zero-order valence-electron chi connectivity index (χ0n) is 24.8. The average molecular weight is 667 g/mol. The Labute approximate surface area is 281 Å². The molecule has 13 rings (SSSR count). The summed E-state index contributed by atoms with van der Waals surface area (Å²) in [5, 5.41) is 24.7. The molecule has 222 valence electrons. The third kappa shape index (κ3) is 2.70. The highest BCUT2D eigenvalue weighted by Gasteiger charge is 2.29. The Morgan fingerprint density at radius 2 is 0.604 bits per heavy atom. The van der Waals surface area contributed by atoms with Crippen molar-refractivity contribution in [2.75, 3.05) is 0 Å². The largest absolute Gasteiger partial charge is 0.455 e. The zero-order chi connectivity index (χ0) is 30.8. The van der Waals surface area contributed by atoms with Gasteiger partial charge in [-0.2, -0.15) is 0 Å². The van der Waals surface area contributed by atoms with Gasteiger partial charge in [-0.3, -0.25) is 0 Å². The predicted octanol–water partition coefficient (Wildman–Crippen LogP) is 14.5. The third-order valence-corrected chi connectivity index (χ3v) is 13.2. The number of fused-ring (bicyclic) bond motifs is 27. The Balaban J connectivity index is 1.56. The van der Waals surface area contributed by atoms with E-state index in [4.69, 9.17) is 13.3 Å². The summed E-state index contributed by atoms with van der Waals surface area (Å²) in [6.07, 6.45) is 0. The van der Waals surface area contributed by atoms with Crippen molar-refractivity contribution in [1.29, 1.82) is 0 Å².